The van der Waals surface area contributed by atoms with Gasteiger partial charge < -0.3 is 15.4 Å². The summed E-state index contributed by atoms with van der Waals surface area (Å²) in [6, 6.07) is 16.3. The second kappa shape index (κ2) is 7.80. The van der Waals surface area contributed by atoms with E-state index in [2.05, 4.69) is 15.6 Å². The van der Waals surface area contributed by atoms with E-state index in [0.717, 1.165) is 22.4 Å². The number of fused-ring (bicyclic) bond motifs is 1. The minimum atomic E-state index is -1.08. The molecular weight excluding hydrogens is 402 g/mol. The summed E-state index contributed by atoms with van der Waals surface area (Å²) < 4.78 is 5.98. The van der Waals surface area contributed by atoms with E-state index in [1.165, 1.54) is 6.92 Å². The normalized spacial score (nSPS) is 17.0. The number of benzene rings is 2. The van der Waals surface area contributed by atoms with Crippen molar-refractivity contribution in [2.75, 3.05) is 10.6 Å². The Morgan fingerprint density at radius 2 is 1.63 bits per heavy atom. The number of nitrogens with zero attached hydrogens (tertiary/aromatic N) is 1. The predicted molar refractivity (Wildman–Crippen MR) is 117 cm³/mol. The first kappa shape index (κ1) is 19.9. The molecule has 1 unspecified atom stereocenters. The van der Waals surface area contributed by atoms with Gasteiger partial charge in [0.1, 0.15) is 0 Å². The van der Waals surface area contributed by atoms with Crippen molar-refractivity contribution >= 4 is 34.8 Å². The first-order valence-electron chi connectivity index (χ1n) is 9.46. The van der Waals surface area contributed by atoms with Gasteiger partial charge in [0, 0.05) is 41.5 Å². The summed E-state index contributed by atoms with van der Waals surface area (Å²) in [5, 5.41) is 6.23. The summed E-state index contributed by atoms with van der Waals surface area (Å²) in [6.07, 6.45) is 2.05. The number of anilines is 2. The minimum absolute atomic E-state index is 0.122. The average Bonchev–Trinajstić information content (AvgIpc) is 3.07. The van der Waals surface area contributed by atoms with Gasteiger partial charge in [0.05, 0.1) is 0 Å². The van der Waals surface area contributed by atoms with E-state index in [0.29, 0.717) is 23.0 Å². The van der Waals surface area contributed by atoms with Gasteiger partial charge >= 0.3 is 0 Å². The maximum Gasteiger partial charge on any atom is 0.268 e. The Balaban J connectivity index is 1.57. The summed E-state index contributed by atoms with van der Waals surface area (Å²) >= 11 is 5.91. The van der Waals surface area contributed by atoms with Gasteiger partial charge in [-0.15, -0.1) is 0 Å². The first-order chi connectivity index (χ1) is 14.3. The molecule has 152 valence electrons. The Hall–Kier alpha value is -3.38. The van der Waals surface area contributed by atoms with E-state index in [-0.39, 0.29) is 11.8 Å². The number of hydrogen-bond donors (Lipinski definition) is 2. The van der Waals surface area contributed by atoms with Crippen molar-refractivity contribution in [1.29, 1.82) is 0 Å². The van der Waals surface area contributed by atoms with Gasteiger partial charge in [-0.3, -0.25) is 9.59 Å². The molecule has 1 aliphatic heterocycles. The van der Waals surface area contributed by atoms with Crippen LogP contribution in [-0.4, -0.2) is 22.4 Å². The van der Waals surface area contributed by atoms with Crippen LogP contribution in [0.1, 0.15) is 19.4 Å². The Morgan fingerprint density at radius 3 is 2.30 bits per heavy atom. The lowest BCUT2D eigenvalue weighted by atomic mass is 9.93. The molecule has 2 N–H and O–H groups in total. The molecule has 6 nitrogen and oxygen atoms in total. The van der Waals surface area contributed by atoms with Crippen LogP contribution in [0.5, 0.6) is 5.88 Å². The average molecular weight is 422 g/mol. The first-order valence-corrected chi connectivity index (χ1v) is 9.84. The fourth-order valence-electron chi connectivity index (χ4n) is 3.45. The molecule has 0 spiro atoms. The van der Waals surface area contributed by atoms with Crippen molar-refractivity contribution in [3.63, 3.8) is 0 Å². The molecule has 0 aliphatic carbocycles. The predicted octanol–water partition coefficient (Wildman–Crippen LogP) is 4.69. The number of ether oxygens (including phenoxy) is 1. The molecule has 1 aliphatic rings. The van der Waals surface area contributed by atoms with E-state index in [4.69, 9.17) is 16.3 Å². The topological polar surface area (TPSA) is 80.3 Å². The maximum atomic E-state index is 12.9. The van der Waals surface area contributed by atoms with E-state index >= 15 is 0 Å². The molecule has 0 fully saturated rings. The molecule has 2 aromatic carbocycles. The van der Waals surface area contributed by atoms with Gasteiger partial charge in [0.15, 0.2) is 5.60 Å². The zero-order valence-electron chi connectivity index (χ0n) is 16.5. The molecule has 0 bridgehead atoms. The molecule has 0 saturated heterocycles. The number of pyridine rings is 1. The molecule has 1 aromatic heterocycles. The zero-order valence-corrected chi connectivity index (χ0v) is 17.3. The van der Waals surface area contributed by atoms with E-state index in [1.807, 2.05) is 30.3 Å². The minimum Gasteiger partial charge on any atom is -0.461 e. The number of aromatic nitrogens is 1. The Labute approximate surface area is 179 Å². The standard InChI is InChI=1S/C23H20ClN3O3/c1-14(28)26-17-7-3-15(4-8-17)19-11-12-25-21-20(19)13-23(2,30-21)22(29)27-18-9-5-16(24)6-10-18/h3-12H,13H2,1-2H3,(H,26,28)(H,27,29). The van der Waals surface area contributed by atoms with Crippen LogP contribution >= 0.6 is 11.6 Å². The van der Waals surface area contributed by atoms with Gasteiger partial charge in [-0.05, 0) is 60.5 Å². The Bertz CT molecular complexity index is 1110. The van der Waals surface area contributed by atoms with E-state index < -0.39 is 5.60 Å². The van der Waals surface area contributed by atoms with Gasteiger partial charge in [-0.25, -0.2) is 4.98 Å². The number of carbonyl (C=O) groups excluding carboxylic acids is 2. The molecule has 3 aromatic rings. The van der Waals surface area contributed by atoms with Gasteiger partial charge in [-0.1, -0.05) is 23.7 Å². The third-order valence-corrected chi connectivity index (χ3v) is 5.20. The second-order valence-electron chi connectivity index (χ2n) is 7.37. The van der Waals surface area contributed by atoms with Crippen molar-refractivity contribution in [1.82, 2.24) is 4.98 Å². The van der Waals surface area contributed by atoms with Crippen molar-refractivity contribution < 1.29 is 14.3 Å². The third kappa shape index (κ3) is 4.00. The van der Waals surface area contributed by atoms with Crippen LogP contribution in [0, 0.1) is 0 Å². The monoisotopic (exact) mass is 421 g/mol. The maximum absolute atomic E-state index is 12.9. The highest BCUT2D eigenvalue weighted by molar-refractivity contribution is 6.30. The van der Waals surface area contributed by atoms with E-state index in [1.54, 1.807) is 37.4 Å². The molecule has 4 rings (SSSR count). The van der Waals surface area contributed by atoms with Gasteiger partial charge in [-0.2, -0.15) is 0 Å². The van der Waals surface area contributed by atoms with Crippen molar-refractivity contribution in [3.05, 3.63) is 71.4 Å². The number of nitrogens with one attached hydrogen (secondary N) is 2. The highest BCUT2D eigenvalue weighted by Crippen LogP contribution is 2.40. The highest BCUT2D eigenvalue weighted by atomic mass is 35.5. The van der Waals surface area contributed by atoms with Crippen LogP contribution in [0.25, 0.3) is 11.1 Å². The summed E-state index contributed by atoms with van der Waals surface area (Å²) in [5.74, 6) is 0.0744. The quantitative estimate of drug-likeness (QED) is 0.640. The van der Waals surface area contributed by atoms with Crippen LogP contribution in [0.2, 0.25) is 5.02 Å². The Morgan fingerprint density at radius 1 is 1.00 bits per heavy atom. The fraction of sp³-hybridized carbons (Fsp3) is 0.174. The number of carbonyl (C=O) groups is 2. The molecular formula is C23H20ClN3O3. The lowest BCUT2D eigenvalue weighted by Gasteiger charge is -2.22. The second-order valence-corrected chi connectivity index (χ2v) is 7.81. The molecule has 0 saturated carbocycles. The molecule has 2 heterocycles. The lowest BCUT2D eigenvalue weighted by Crippen LogP contribution is -2.44. The SMILES string of the molecule is CC(=O)Nc1ccc(-c2ccnc3c2CC(C)(C(=O)Nc2ccc(Cl)cc2)O3)cc1. The van der Waals surface area contributed by atoms with Crippen LogP contribution in [0.15, 0.2) is 60.8 Å². The smallest absolute Gasteiger partial charge is 0.268 e. The zero-order chi connectivity index (χ0) is 21.3. The summed E-state index contributed by atoms with van der Waals surface area (Å²) in [4.78, 5) is 28.5. The molecule has 30 heavy (non-hydrogen) atoms. The highest BCUT2D eigenvalue weighted by Gasteiger charge is 2.43. The lowest BCUT2D eigenvalue weighted by molar-refractivity contribution is -0.128. The summed E-state index contributed by atoms with van der Waals surface area (Å²) in [7, 11) is 0. The number of amides is 2. The Kier molecular flexibility index (Phi) is 5.18. The van der Waals surface area contributed by atoms with Crippen LogP contribution in [-0.2, 0) is 16.0 Å². The van der Waals surface area contributed by atoms with Gasteiger partial charge in [0.2, 0.25) is 11.8 Å². The third-order valence-electron chi connectivity index (χ3n) is 4.95. The molecule has 1 atom stereocenters. The molecule has 0 radical (unpaired) electrons. The van der Waals surface area contributed by atoms with Crippen molar-refractivity contribution in [2.45, 2.75) is 25.9 Å². The number of halogens is 1. The van der Waals surface area contributed by atoms with Crippen LogP contribution in [0.3, 0.4) is 0 Å². The van der Waals surface area contributed by atoms with E-state index in [9.17, 15) is 9.59 Å². The fourth-order valence-corrected chi connectivity index (χ4v) is 3.57. The van der Waals surface area contributed by atoms with Crippen LogP contribution in [0.4, 0.5) is 11.4 Å². The largest absolute Gasteiger partial charge is 0.461 e. The van der Waals surface area contributed by atoms with Crippen molar-refractivity contribution in [3.8, 4) is 17.0 Å². The molecule has 7 heteroatoms. The number of rotatable bonds is 4. The summed E-state index contributed by atoms with van der Waals surface area (Å²) in [6.45, 7) is 3.22. The summed E-state index contributed by atoms with van der Waals surface area (Å²) in [5.41, 5.74) is 3.05. The van der Waals surface area contributed by atoms with Crippen LogP contribution < -0.4 is 15.4 Å². The molecule has 2 amide bonds. The number of hydrogen-bond acceptors (Lipinski definition) is 4. The van der Waals surface area contributed by atoms with Gasteiger partial charge in [0.25, 0.3) is 5.91 Å². The van der Waals surface area contributed by atoms with Crippen molar-refractivity contribution in [2.24, 2.45) is 0 Å².